The first-order chi connectivity index (χ1) is 9.13. The Morgan fingerprint density at radius 1 is 1.53 bits per heavy atom. The van der Waals surface area contributed by atoms with Crippen LogP contribution in [0.5, 0.6) is 0 Å². The van der Waals surface area contributed by atoms with Crippen LogP contribution in [-0.4, -0.2) is 36.7 Å². The summed E-state index contributed by atoms with van der Waals surface area (Å²) in [6, 6.07) is 3.14. The standard InChI is InChI=1S/C13H19NO4S/c1-18-8-7-11(13(16)17)14-12(15)6-2-4-10-5-3-9-19-10/h3,5,9,11H,2,4,6-8H2,1H3,(H,14,15)(H,16,17). The Kier molecular flexibility index (Phi) is 7.14. The van der Waals surface area contributed by atoms with Crippen molar-refractivity contribution in [1.82, 2.24) is 5.32 Å². The van der Waals surface area contributed by atoms with E-state index in [1.165, 1.54) is 12.0 Å². The molecular formula is C13H19NO4S. The predicted octanol–water partition coefficient (Wildman–Crippen LogP) is 1.68. The Labute approximate surface area is 116 Å². The second kappa shape index (κ2) is 8.66. The molecule has 1 heterocycles. The number of ether oxygens (including phenoxy) is 1. The fraction of sp³-hybridized carbons (Fsp3) is 0.538. The number of aliphatic carboxylic acids is 1. The summed E-state index contributed by atoms with van der Waals surface area (Å²) >= 11 is 1.66. The number of methoxy groups -OCH3 is 1. The van der Waals surface area contributed by atoms with Crippen LogP contribution in [0.25, 0.3) is 0 Å². The van der Waals surface area contributed by atoms with E-state index in [0.717, 1.165) is 12.8 Å². The van der Waals surface area contributed by atoms with Gasteiger partial charge in [-0.05, 0) is 24.3 Å². The number of amides is 1. The van der Waals surface area contributed by atoms with E-state index in [0.29, 0.717) is 13.0 Å². The molecule has 5 nitrogen and oxygen atoms in total. The first-order valence-corrected chi connectivity index (χ1v) is 7.05. The van der Waals surface area contributed by atoms with Crippen LogP contribution in [0.2, 0.25) is 0 Å². The van der Waals surface area contributed by atoms with Crippen molar-refractivity contribution in [3.05, 3.63) is 22.4 Å². The number of hydrogen-bond acceptors (Lipinski definition) is 4. The van der Waals surface area contributed by atoms with Gasteiger partial charge in [-0.3, -0.25) is 4.79 Å². The Morgan fingerprint density at radius 3 is 2.89 bits per heavy atom. The molecule has 1 atom stereocenters. The van der Waals surface area contributed by atoms with Crippen LogP contribution >= 0.6 is 11.3 Å². The van der Waals surface area contributed by atoms with Crippen LogP contribution in [0.1, 0.15) is 24.1 Å². The molecule has 1 amide bonds. The van der Waals surface area contributed by atoms with E-state index < -0.39 is 12.0 Å². The third-order valence-electron chi connectivity index (χ3n) is 2.65. The largest absolute Gasteiger partial charge is 0.480 e. The lowest BCUT2D eigenvalue weighted by atomic mass is 10.1. The van der Waals surface area contributed by atoms with Crippen molar-refractivity contribution in [2.24, 2.45) is 0 Å². The molecule has 1 aromatic heterocycles. The van der Waals surface area contributed by atoms with E-state index in [9.17, 15) is 9.59 Å². The molecule has 0 spiro atoms. The average Bonchev–Trinajstić information content (AvgIpc) is 2.87. The van der Waals surface area contributed by atoms with Crippen molar-refractivity contribution in [3.63, 3.8) is 0 Å². The summed E-state index contributed by atoms with van der Waals surface area (Å²) in [4.78, 5) is 23.8. The van der Waals surface area contributed by atoms with E-state index in [1.54, 1.807) is 11.3 Å². The van der Waals surface area contributed by atoms with Crippen molar-refractivity contribution >= 4 is 23.2 Å². The molecule has 0 bridgehead atoms. The van der Waals surface area contributed by atoms with Crippen LogP contribution in [0.3, 0.4) is 0 Å². The Morgan fingerprint density at radius 2 is 2.32 bits per heavy atom. The van der Waals surface area contributed by atoms with E-state index in [-0.39, 0.29) is 12.3 Å². The maximum Gasteiger partial charge on any atom is 0.326 e. The lowest BCUT2D eigenvalue weighted by Gasteiger charge is -2.13. The monoisotopic (exact) mass is 285 g/mol. The molecular weight excluding hydrogens is 266 g/mol. The van der Waals surface area contributed by atoms with Gasteiger partial charge in [-0.15, -0.1) is 11.3 Å². The number of carboxylic acid groups (broad SMARTS) is 1. The van der Waals surface area contributed by atoms with Gasteiger partial charge in [0, 0.05) is 31.4 Å². The summed E-state index contributed by atoms with van der Waals surface area (Å²) in [7, 11) is 1.50. The van der Waals surface area contributed by atoms with Crippen molar-refractivity contribution in [3.8, 4) is 0 Å². The van der Waals surface area contributed by atoms with Gasteiger partial charge < -0.3 is 15.2 Å². The van der Waals surface area contributed by atoms with Gasteiger partial charge in [0.2, 0.25) is 5.91 Å². The molecule has 0 aromatic carbocycles. The third kappa shape index (κ3) is 6.35. The number of carboxylic acids is 1. The molecule has 0 saturated heterocycles. The zero-order valence-corrected chi connectivity index (χ0v) is 11.7. The summed E-state index contributed by atoms with van der Waals surface area (Å²) in [6.45, 7) is 0.312. The zero-order chi connectivity index (χ0) is 14.1. The van der Waals surface area contributed by atoms with Crippen molar-refractivity contribution in [2.75, 3.05) is 13.7 Å². The minimum Gasteiger partial charge on any atom is -0.480 e. The van der Waals surface area contributed by atoms with E-state index in [4.69, 9.17) is 9.84 Å². The molecule has 6 heteroatoms. The van der Waals surface area contributed by atoms with Gasteiger partial charge in [-0.25, -0.2) is 4.79 Å². The Balaban J connectivity index is 2.25. The minimum absolute atomic E-state index is 0.222. The summed E-state index contributed by atoms with van der Waals surface area (Å²) in [6.07, 6.45) is 2.20. The lowest BCUT2D eigenvalue weighted by molar-refractivity contribution is -0.142. The molecule has 106 valence electrons. The maximum atomic E-state index is 11.6. The normalized spacial score (nSPS) is 12.1. The van der Waals surface area contributed by atoms with Gasteiger partial charge in [0.25, 0.3) is 0 Å². The van der Waals surface area contributed by atoms with Gasteiger partial charge in [0.1, 0.15) is 6.04 Å². The number of rotatable bonds is 9. The highest BCUT2D eigenvalue weighted by atomic mass is 32.1. The number of thiophene rings is 1. The molecule has 1 unspecified atom stereocenters. The van der Waals surface area contributed by atoms with Gasteiger partial charge in [0.05, 0.1) is 0 Å². The number of carbonyl (C=O) groups excluding carboxylic acids is 1. The summed E-state index contributed by atoms with van der Waals surface area (Å²) in [5.74, 6) is -1.25. The highest BCUT2D eigenvalue weighted by Gasteiger charge is 2.19. The van der Waals surface area contributed by atoms with E-state index in [1.807, 2.05) is 17.5 Å². The van der Waals surface area contributed by atoms with Gasteiger partial charge >= 0.3 is 5.97 Å². The van der Waals surface area contributed by atoms with Crippen molar-refractivity contribution < 1.29 is 19.4 Å². The fourth-order valence-electron chi connectivity index (χ4n) is 1.64. The Bertz CT molecular complexity index is 391. The number of carbonyl (C=O) groups is 2. The van der Waals surface area contributed by atoms with Crippen LogP contribution in [0.15, 0.2) is 17.5 Å². The predicted molar refractivity (Wildman–Crippen MR) is 73.3 cm³/mol. The van der Waals surface area contributed by atoms with E-state index >= 15 is 0 Å². The van der Waals surface area contributed by atoms with Gasteiger partial charge in [0.15, 0.2) is 0 Å². The molecule has 19 heavy (non-hydrogen) atoms. The maximum absolute atomic E-state index is 11.6. The quantitative estimate of drug-likeness (QED) is 0.724. The van der Waals surface area contributed by atoms with Crippen molar-refractivity contribution in [1.29, 1.82) is 0 Å². The third-order valence-corrected chi connectivity index (χ3v) is 3.59. The molecule has 1 rings (SSSR count). The van der Waals surface area contributed by atoms with Crippen LogP contribution < -0.4 is 5.32 Å². The zero-order valence-electron chi connectivity index (χ0n) is 10.9. The highest BCUT2D eigenvalue weighted by Crippen LogP contribution is 2.11. The second-order valence-corrected chi connectivity index (χ2v) is 5.20. The lowest BCUT2D eigenvalue weighted by Crippen LogP contribution is -2.41. The molecule has 0 aliphatic rings. The SMILES string of the molecule is COCCC(NC(=O)CCCc1cccs1)C(=O)O. The number of aryl methyl sites for hydroxylation is 1. The first kappa shape index (κ1) is 15.7. The molecule has 0 fully saturated rings. The highest BCUT2D eigenvalue weighted by molar-refractivity contribution is 7.09. The molecule has 1 aromatic rings. The van der Waals surface area contributed by atoms with Gasteiger partial charge in [-0.1, -0.05) is 6.07 Å². The minimum atomic E-state index is -1.02. The molecule has 0 aliphatic carbocycles. The van der Waals surface area contributed by atoms with E-state index in [2.05, 4.69) is 5.32 Å². The topological polar surface area (TPSA) is 75.6 Å². The van der Waals surface area contributed by atoms with Crippen LogP contribution in [-0.2, 0) is 20.7 Å². The fourth-order valence-corrected chi connectivity index (χ4v) is 2.39. The number of nitrogens with one attached hydrogen (secondary N) is 1. The molecule has 0 radical (unpaired) electrons. The smallest absolute Gasteiger partial charge is 0.326 e. The van der Waals surface area contributed by atoms with Crippen LogP contribution in [0, 0.1) is 0 Å². The number of hydrogen-bond donors (Lipinski definition) is 2. The first-order valence-electron chi connectivity index (χ1n) is 6.17. The van der Waals surface area contributed by atoms with Gasteiger partial charge in [-0.2, -0.15) is 0 Å². The summed E-state index contributed by atoms with van der Waals surface area (Å²) in [5.41, 5.74) is 0. The van der Waals surface area contributed by atoms with Crippen molar-refractivity contribution in [2.45, 2.75) is 31.7 Å². The second-order valence-electron chi connectivity index (χ2n) is 4.17. The Hall–Kier alpha value is -1.40. The summed E-state index contributed by atoms with van der Waals surface area (Å²) in [5, 5.41) is 13.5. The molecule has 2 N–H and O–H groups in total. The van der Waals surface area contributed by atoms with Crippen LogP contribution in [0.4, 0.5) is 0 Å². The molecule has 0 aliphatic heterocycles. The average molecular weight is 285 g/mol. The summed E-state index contributed by atoms with van der Waals surface area (Å²) < 4.78 is 4.82. The molecule has 0 saturated carbocycles.